The molecule has 2 saturated carbocycles. The van der Waals surface area contributed by atoms with Crippen molar-refractivity contribution in [2.24, 2.45) is 11.8 Å². The Morgan fingerprint density at radius 1 is 1.38 bits per heavy atom. The van der Waals surface area contributed by atoms with Crippen molar-refractivity contribution >= 4 is 0 Å². The van der Waals surface area contributed by atoms with Crippen LogP contribution in [0.3, 0.4) is 0 Å². The molecule has 0 aliphatic heterocycles. The molecule has 2 aliphatic rings. The van der Waals surface area contributed by atoms with Gasteiger partial charge in [-0.25, -0.2) is 5.10 Å². The van der Waals surface area contributed by atoms with Crippen molar-refractivity contribution in [3.8, 4) is 5.88 Å². The maximum Gasteiger partial charge on any atom is 0.209 e. The average molecular weight is 178 g/mol. The molecule has 3 nitrogen and oxygen atoms in total. The van der Waals surface area contributed by atoms with Gasteiger partial charge in [-0.2, -0.15) is 5.10 Å². The summed E-state index contributed by atoms with van der Waals surface area (Å²) in [4.78, 5) is 0. The Hall–Kier alpha value is -0.990. The zero-order chi connectivity index (χ0) is 8.67. The Balaban J connectivity index is 1.68. The Bertz CT molecular complexity index is 283. The second-order valence-corrected chi connectivity index (χ2v) is 4.25. The van der Waals surface area contributed by atoms with Crippen LogP contribution in [0.15, 0.2) is 12.3 Å². The van der Waals surface area contributed by atoms with Crippen molar-refractivity contribution in [1.29, 1.82) is 0 Å². The lowest BCUT2D eigenvalue weighted by Gasteiger charge is -2.21. The molecule has 2 bridgehead atoms. The Labute approximate surface area is 77.5 Å². The summed E-state index contributed by atoms with van der Waals surface area (Å²) in [6, 6.07) is 1.89. The second kappa shape index (κ2) is 2.76. The molecule has 2 aliphatic carbocycles. The van der Waals surface area contributed by atoms with E-state index in [2.05, 4.69) is 10.2 Å². The molecule has 1 aromatic rings. The fraction of sp³-hybridized carbons (Fsp3) is 0.700. The number of hydrogen-bond acceptors (Lipinski definition) is 2. The smallest absolute Gasteiger partial charge is 0.209 e. The van der Waals surface area contributed by atoms with E-state index >= 15 is 0 Å². The van der Waals surface area contributed by atoms with Crippen LogP contribution in [0.2, 0.25) is 0 Å². The second-order valence-electron chi connectivity index (χ2n) is 4.25. The highest BCUT2D eigenvalue weighted by Crippen LogP contribution is 2.45. The predicted molar refractivity (Wildman–Crippen MR) is 48.5 cm³/mol. The van der Waals surface area contributed by atoms with Gasteiger partial charge in [-0.1, -0.05) is 0 Å². The van der Waals surface area contributed by atoms with Crippen LogP contribution in [-0.4, -0.2) is 16.3 Å². The number of aromatic nitrogens is 2. The van der Waals surface area contributed by atoms with E-state index in [4.69, 9.17) is 4.74 Å². The first-order chi connectivity index (χ1) is 6.42. The van der Waals surface area contributed by atoms with Crippen molar-refractivity contribution in [2.45, 2.75) is 31.8 Å². The normalized spacial score (nSPS) is 36.8. The molecule has 70 valence electrons. The topological polar surface area (TPSA) is 37.9 Å². The highest BCUT2D eigenvalue weighted by Gasteiger charge is 2.41. The standard InChI is InChI=1S/C10H14N2O/c1-2-8-5-7(1)6-9(8)13-10-3-4-11-12-10/h3-4,7-9H,1-2,5-6H2,(H,11,12)/t7?,8?,9-/m0/s1. The first kappa shape index (κ1) is 7.42. The fourth-order valence-electron chi connectivity index (χ4n) is 2.80. The van der Waals surface area contributed by atoms with E-state index in [0.29, 0.717) is 6.10 Å². The van der Waals surface area contributed by atoms with E-state index in [1.165, 1.54) is 25.7 Å². The van der Waals surface area contributed by atoms with E-state index in [1.807, 2.05) is 6.07 Å². The predicted octanol–water partition coefficient (Wildman–Crippen LogP) is 1.98. The fourth-order valence-corrected chi connectivity index (χ4v) is 2.80. The Kier molecular flexibility index (Phi) is 1.57. The van der Waals surface area contributed by atoms with Crippen LogP contribution in [0.1, 0.15) is 25.7 Å². The molecule has 0 amide bonds. The molecule has 2 unspecified atom stereocenters. The summed E-state index contributed by atoms with van der Waals surface area (Å²) < 4.78 is 5.83. The number of fused-ring (bicyclic) bond motifs is 2. The van der Waals surface area contributed by atoms with Gasteiger partial charge in [0.05, 0.1) is 6.20 Å². The van der Waals surface area contributed by atoms with Gasteiger partial charge in [0.2, 0.25) is 5.88 Å². The molecule has 1 heterocycles. The van der Waals surface area contributed by atoms with Gasteiger partial charge in [0.15, 0.2) is 0 Å². The lowest BCUT2D eigenvalue weighted by molar-refractivity contribution is 0.132. The summed E-state index contributed by atoms with van der Waals surface area (Å²) in [6.07, 6.45) is 7.63. The van der Waals surface area contributed by atoms with Gasteiger partial charge < -0.3 is 4.74 Å². The average Bonchev–Trinajstić information content (AvgIpc) is 2.77. The van der Waals surface area contributed by atoms with Gasteiger partial charge in [0, 0.05) is 6.07 Å². The molecular formula is C10H14N2O. The third kappa shape index (κ3) is 1.23. The largest absolute Gasteiger partial charge is 0.474 e. The number of aromatic amines is 1. The number of ether oxygens (including phenoxy) is 1. The van der Waals surface area contributed by atoms with Crippen molar-refractivity contribution in [3.63, 3.8) is 0 Å². The van der Waals surface area contributed by atoms with Gasteiger partial charge in [-0.05, 0) is 37.5 Å². The Morgan fingerprint density at radius 3 is 3.00 bits per heavy atom. The molecule has 13 heavy (non-hydrogen) atoms. The molecule has 2 fully saturated rings. The van der Waals surface area contributed by atoms with Crippen LogP contribution in [0, 0.1) is 11.8 Å². The van der Waals surface area contributed by atoms with Crippen LogP contribution in [0.25, 0.3) is 0 Å². The minimum absolute atomic E-state index is 0.458. The molecule has 0 aromatic carbocycles. The zero-order valence-corrected chi connectivity index (χ0v) is 7.57. The highest BCUT2D eigenvalue weighted by molar-refractivity contribution is 5.06. The van der Waals surface area contributed by atoms with E-state index in [9.17, 15) is 0 Å². The van der Waals surface area contributed by atoms with E-state index < -0.39 is 0 Å². The molecule has 1 aromatic heterocycles. The molecule has 1 N–H and O–H groups in total. The van der Waals surface area contributed by atoms with Gasteiger partial charge >= 0.3 is 0 Å². The highest BCUT2D eigenvalue weighted by atomic mass is 16.5. The zero-order valence-electron chi connectivity index (χ0n) is 7.57. The third-order valence-electron chi connectivity index (χ3n) is 3.43. The number of rotatable bonds is 2. The van der Waals surface area contributed by atoms with Crippen molar-refractivity contribution < 1.29 is 4.74 Å². The minimum atomic E-state index is 0.458. The summed E-state index contributed by atoms with van der Waals surface area (Å²) in [5.74, 6) is 2.59. The maximum absolute atomic E-state index is 5.83. The van der Waals surface area contributed by atoms with E-state index in [-0.39, 0.29) is 0 Å². The lowest BCUT2D eigenvalue weighted by atomic mass is 9.98. The molecule has 0 saturated heterocycles. The monoisotopic (exact) mass is 178 g/mol. The van der Waals surface area contributed by atoms with Gasteiger partial charge in [-0.3, -0.25) is 0 Å². The Morgan fingerprint density at radius 2 is 2.38 bits per heavy atom. The van der Waals surface area contributed by atoms with Crippen molar-refractivity contribution in [3.05, 3.63) is 12.3 Å². The third-order valence-corrected chi connectivity index (χ3v) is 3.43. The SMILES string of the molecule is c1cc(O[C@H]2CC3CCC2C3)[nH]n1. The maximum atomic E-state index is 5.83. The molecule has 3 rings (SSSR count). The van der Waals surface area contributed by atoms with E-state index in [0.717, 1.165) is 17.7 Å². The van der Waals surface area contributed by atoms with Gasteiger partial charge in [0.1, 0.15) is 6.10 Å². The van der Waals surface area contributed by atoms with Crippen LogP contribution in [-0.2, 0) is 0 Å². The van der Waals surface area contributed by atoms with Gasteiger partial charge in [-0.15, -0.1) is 0 Å². The number of nitrogens with zero attached hydrogens (tertiary/aromatic N) is 1. The lowest BCUT2D eigenvalue weighted by Crippen LogP contribution is -2.23. The van der Waals surface area contributed by atoms with Crippen LogP contribution in [0.5, 0.6) is 5.88 Å². The summed E-state index contributed by atoms with van der Waals surface area (Å²) in [7, 11) is 0. The molecule has 0 radical (unpaired) electrons. The first-order valence-electron chi connectivity index (χ1n) is 5.08. The number of H-pyrrole nitrogens is 1. The van der Waals surface area contributed by atoms with Gasteiger partial charge in [0.25, 0.3) is 0 Å². The first-order valence-corrected chi connectivity index (χ1v) is 5.08. The summed E-state index contributed by atoms with van der Waals surface area (Å²) >= 11 is 0. The van der Waals surface area contributed by atoms with Crippen LogP contribution < -0.4 is 4.74 Å². The summed E-state index contributed by atoms with van der Waals surface area (Å²) in [5.41, 5.74) is 0. The molecule has 0 spiro atoms. The number of hydrogen-bond donors (Lipinski definition) is 1. The number of nitrogens with one attached hydrogen (secondary N) is 1. The van der Waals surface area contributed by atoms with E-state index in [1.54, 1.807) is 6.20 Å². The van der Waals surface area contributed by atoms with Crippen LogP contribution in [0.4, 0.5) is 0 Å². The quantitative estimate of drug-likeness (QED) is 0.752. The molecule has 3 heteroatoms. The molecular weight excluding hydrogens is 164 g/mol. The summed E-state index contributed by atoms with van der Waals surface area (Å²) in [5, 5.41) is 6.73. The van der Waals surface area contributed by atoms with Crippen molar-refractivity contribution in [2.75, 3.05) is 0 Å². The molecule has 3 atom stereocenters. The van der Waals surface area contributed by atoms with Crippen molar-refractivity contribution in [1.82, 2.24) is 10.2 Å². The minimum Gasteiger partial charge on any atom is -0.474 e. The summed E-state index contributed by atoms with van der Waals surface area (Å²) in [6.45, 7) is 0. The van der Waals surface area contributed by atoms with Crippen LogP contribution >= 0.6 is 0 Å².